The molecule has 2 heterocycles. The second-order valence-corrected chi connectivity index (χ2v) is 6.45. The third-order valence-corrected chi connectivity index (χ3v) is 4.61. The summed E-state index contributed by atoms with van der Waals surface area (Å²) in [7, 11) is 3.58. The Morgan fingerprint density at radius 1 is 1.38 bits per heavy atom. The van der Waals surface area contributed by atoms with Gasteiger partial charge in [0.2, 0.25) is 0 Å². The summed E-state index contributed by atoms with van der Waals surface area (Å²) in [6.45, 7) is 0. The molecular weight excluding hydrogens is 284 g/mol. The number of rotatable bonds is 3. The molecule has 0 N–H and O–H groups in total. The molecule has 0 unspecified atom stereocenters. The molecule has 1 aliphatic carbocycles. The van der Waals surface area contributed by atoms with Crippen LogP contribution >= 0.6 is 11.8 Å². The third kappa shape index (κ3) is 2.52. The highest BCUT2D eigenvalue weighted by atomic mass is 32.2. The van der Waals surface area contributed by atoms with Crippen molar-refractivity contribution in [1.29, 1.82) is 0 Å². The van der Waals surface area contributed by atoms with Crippen LogP contribution in [0, 0.1) is 0 Å². The van der Waals surface area contributed by atoms with Crippen LogP contribution in [0.25, 0.3) is 11.0 Å². The van der Waals surface area contributed by atoms with Crippen molar-refractivity contribution >= 4 is 28.7 Å². The lowest BCUT2D eigenvalue weighted by Gasteiger charge is -2.18. The van der Waals surface area contributed by atoms with Crippen molar-refractivity contribution in [3.63, 3.8) is 0 Å². The predicted molar refractivity (Wildman–Crippen MR) is 84.8 cm³/mol. The van der Waals surface area contributed by atoms with Crippen LogP contribution in [0.4, 0.5) is 0 Å². The standard InChI is InChI=1S/C15H20N4OS/c1-18(2)14(20)12-8-10-9-16-15(21-3)17-13(10)19(12)11-6-4-5-7-11/h8-9,11H,4-7H2,1-3H3. The quantitative estimate of drug-likeness (QED) is 0.646. The molecule has 0 bridgehead atoms. The summed E-state index contributed by atoms with van der Waals surface area (Å²) < 4.78 is 2.14. The summed E-state index contributed by atoms with van der Waals surface area (Å²) >= 11 is 1.53. The molecule has 3 rings (SSSR count). The van der Waals surface area contributed by atoms with E-state index in [4.69, 9.17) is 0 Å². The van der Waals surface area contributed by atoms with Crippen LogP contribution in [0.3, 0.4) is 0 Å². The fourth-order valence-corrected chi connectivity index (χ4v) is 3.35. The van der Waals surface area contributed by atoms with Crippen molar-refractivity contribution in [2.24, 2.45) is 0 Å². The molecule has 0 aliphatic heterocycles. The Morgan fingerprint density at radius 2 is 2.10 bits per heavy atom. The number of thioether (sulfide) groups is 1. The smallest absolute Gasteiger partial charge is 0.270 e. The van der Waals surface area contributed by atoms with Gasteiger partial charge < -0.3 is 9.47 Å². The summed E-state index contributed by atoms with van der Waals surface area (Å²) in [4.78, 5) is 23.1. The highest BCUT2D eigenvalue weighted by Gasteiger charge is 2.26. The monoisotopic (exact) mass is 304 g/mol. The maximum absolute atomic E-state index is 12.5. The van der Waals surface area contributed by atoms with Crippen molar-refractivity contribution in [2.45, 2.75) is 36.9 Å². The van der Waals surface area contributed by atoms with Crippen molar-refractivity contribution in [3.05, 3.63) is 18.0 Å². The number of carbonyl (C=O) groups excluding carboxylic acids is 1. The first-order chi connectivity index (χ1) is 10.1. The largest absolute Gasteiger partial charge is 0.343 e. The first-order valence-electron chi connectivity index (χ1n) is 7.25. The average molecular weight is 304 g/mol. The summed E-state index contributed by atoms with van der Waals surface area (Å²) in [6.07, 6.45) is 8.48. The maximum atomic E-state index is 12.5. The molecular formula is C15H20N4OS. The van der Waals surface area contributed by atoms with Crippen molar-refractivity contribution in [3.8, 4) is 0 Å². The van der Waals surface area contributed by atoms with E-state index in [0.717, 1.165) is 34.7 Å². The summed E-state index contributed by atoms with van der Waals surface area (Å²) in [5.74, 6) is 0.0330. The van der Waals surface area contributed by atoms with E-state index in [2.05, 4.69) is 14.5 Å². The lowest BCUT2D eigenvalue weighted by atomic mass is 10.2. The lowest BCUT2D eigenvalue weighted by molar-refractivity contribution is 0.0815. The zero-order valence-corrected chi connectivity index (χ0v) is 13.5. The molecule has 2 aromatic heterocycles. The molecule has 21 heavy (non-hydrogen) atoms. The van der Waals surface area contributed by atoms with Crippen LogP contribution in [0.15, 0.2) is 17.4 Å². The van der Waals surface area contributed by atoms with Crippen molar-refractivity contribution in [2.75, 3.05) is 20.4 Å². The van der Waals surface area contributed by atoms with Gasteiger partial charge in [0.1, 0.15) is 11.3 Å². The summed E-state index contributed by atoms with van der Waals surface area (Å²) in [5.41, 5.74) is 1.63. The minimum Gasteiger partial charge on any atom is -0.343 e. The van der Waals surface area contributed by atoms with Crippen molar-refractivity contribution in [1.82, 2.24) is 19.4 Å². The van der Waals surface area contributed by atoms with Gasteiger partial charge in [0, 0.05) is 31.7 Å². The van der Waals surface area contributed by atoms with E-state index in [1.54, 1.807) is 19.0 Å². The normalized spacial score (nSPS) is 15.8. The fourth-order valence-electron chi connectivity index (χ4n) is 3.02. The van der Waals surface area contributed by atoms with Gasteiger partial charge in [0.25, 0.3) is 5.91 Å². The molecule has 0 aromatic carbocycles. The Kier molecular flexibility index (Phi) is 3.89. The first kappa shape index (κ1) is 14.4. The SMILES string of the molecule is CSc1ncc2cc(C(=O)N(C)C)n(C3CCCC3)c2n1. The molecule has 0 atom stereocenters. The van der Waals surface area contributed by atoms with Gasteiger partial charge in [0.15, 0.2) is 5.16 Å². The highest BCUT2D eigenvalue weighted by Crippen LogP contribution is 2.34. The summed E-state index contributed by atoms with van der Waals surface area (Å²) in [6, 6.07) is 2.31. The van der Waals surface area contributed by atoms with Crippen LogP contribution in [-0.4, -0.2) is 45.7 Å². The van der Waals surface area contributed by atoms with Crippen LogP contribution in [-0.2, 0) is 0 Å². The van der Waals surface area contributed by atoms with Crippen LogP contribution in [0.1, 0.15) is 42.2 Å². The lowest BCUT2D eigenvalue weighted by Crippen LogP contribution is -2.25. The highest BCUT2D eigenvalue weighted by molar-refractivity contribution is 7.98. The number of amides is 1. The number of aromatic nitrogens is 3. The molecule has 1 amide bonds. The maximum Gasteiger partial charge on any atom is 0.270 e. The van der Waals surface area contributed by atoms with Gasteiger partial charge in [-0.2, -0.15) is 0 Å². The molecule has 0 spiro atoms. The molecule has 0 saturated heterocycles. The van der Waals surface area contributed by atoms with E-state index in [1.165, 1.54) is 24.6 Å². The zero-order chi connectivity index (χ0) is 15.0. The molecule has 1 fully saturated rings. The Bertz CT molecular complexity index is 674. The zero-order valence-electron chi connectivity index (χ0n) is 12.7. The molecule has 1 saturated carbocycles. The Balaban J connectivity index is 2.20. The van der Waals surface area contributed by atoms with Crippen LogP contribution in [0.5, 0.6) is 0 Å². The van der Waals surface area contributed by atoms with E-state index in [-0.39, 0.29) is 5.91 Å². The van der Waals surface area contributed by atoms with Gasteiger partial charge in [0.05, 0.1) is 0 Å². The number of nitrogens with zero attached hydrogens (tertiary/aromatic N) is 4. The molecule has 2 aromatic rings. The Morgan fingerprint density at radius 3 is 2.71 bits per heavy atom. The van der Waals surface area contributed by atoms with Gasteiger partial charge in [-0.25, -0.2) is 9.97 Å². The molecule has 0 radical (unpaired) electrons. The van der Waals surface area contributed by atoms with Gasteiger partial charge in [-0.1, -0.05) is 24.6 Å². The Labute approximate surface area is 128 Å². The van der Waals surface area contributed by atoms with E-state index in [9.17, 15) is 4.79 Å². The Hall–Kier alpha value is -1.56. The molecule has 1 aliphatic rings. The predicted octanol–water partition coefficient (Wildman–Crippen LogP) is 2.97. The van der Waals surface area contributed by atoms with Crippen LogP contribution < -0.4 is 0 Å². The van der Waals surface area contributed by atoms with Gasteiger partial charge in [-0.15, -0.1) is 0 Å². The average Bonchev–Trinajstić information content (AvgIpc) is 3.11. The van der Waals surface area contributed by atoms with E-state index in [1.807, 2.05) is 18.5 Å². The van der Waals surface area contributed by atoms with Gasteiger partial charge in [-0.05, 0) is 25.2 Å². The second-order valence-electron chi connectivity index (χ2n) is 5.67. The van der Waals surface area contributed by atoms with E-state index >= 15 is 0 Å². The number of fused-ring (bicyclic) bond motifs is 1. The van der Waals surface area contributed by atoms with Crippen molar-refractivity contribution < 1.29 is 4.79 Å². The second kappa shape index (κ2) is 5.67. The minimum absolute atomic E-state index is 0.0330. The number of carbonyl (C=O) groups is 1. The third-order valence-electron chi connectivity index (χ3n) is 4.05. The summed E-state index contributed by atoms with van der Waals surface area (Å²) in [5, 5.41) is 1.70. The first-order valence-corrected chi connectivity index (χ1v) is 8.48. The molecule has 112 valence electrons. The van der Waals surface area contributed by atoms with Gasteiger partial charge in [-0.3, -0.25) is 4.79 Å². The van der Waals surface area contributed by atoms with E-state index < -0.39 is 0 Å². The number of hydrogen-bond acceptors (Lipinski definition) is 4. The topological polar surface area (TPSA) is 51.0 Å². The van der Waals surface area contributed by atoms with Gasteiger partial charge >= 0.3 is 0 Å². The van der Waals surface area contributed by atoms with Crippen LogP contribution in [0.2, 0.25) is 0 Å². The molecule has 6 heteroatoms. The molecule has 5 nitrogen and oxygen atoms in total. The van der Waals surface area contributed by atoms with E-state index in [0.29, 0.717) is 6.04 Å². The number of hydrogen-bond donors (Lipinski definition) is 0. The fraction of sp³-hybridized carbons (Fsp3) is 0.533. The minimum atomic E-state index is 0.0330.